The van der Waals surface area contributed by atoms with E-state index in [0.717, 1.165) is 5.52 Å². The molecule has 0 amide bonds. The topological polar surface area (TPSA) is 46.0 Å². The molecular formula is C11H9FN2O. The van der Waals surface area contributed by atoms with Crippen LogP contribution in [0.1, 0.15) is 5.56 Å². The van der Waals surface area contributed by atoms with Crippen molar-refractivity contribution in [2.45, 2.75) is 0 Å². The highest BCUT2D eigenvalue weighted by atomic mass is 19.1. The lowest BCUT2D eigenvalue weighted by Crippen LogP contribution is -1.85. The molecule has 0 aliphatic carbocycles. The number of nitrogens with zero attached hydrogens (tertiary/aromatic N) is 2. The molecule has 0 bridgehead atoms. The first-order valence-corrected chi connectivity index (χ1v) is 4.47. The molecule has 2 aromatic rings. The van der Waals surface area contributed by atoms with Crippen LogP contribution in [0.5, 0.6) is 0 Å². The molecule has 15 heavy (non-hydrogen) atoms. The fraction of sp³-hybridized carbons (Fsp3) is 0.0909. The van der Waals surface area contributed by atoms with Crippen molar-refractivity contribution < 1.29 is 9.50 Å². The summed E-state index contributed by atoms with van der Waals surface area (Å²) in [6.45, 7) is -0.585. The summed E-state index contributed by atoms with van der Waals surface area (Å²) in [6, 6.07) is 5.21. The second-order valence-electron chi connectivity index (χ2n) is 3.05. The van der Waals surface area contributed by atoms with Crippen LogP contribution in [0.4, 0.5) is 4.39 Å². The molecule has 1 N–H and O–H groups in total. The molecule has 1 aromatic heterocycles. The number of benzene rings is 1. The molecule has 0 aliphatic rings. The molecular weight excluding hydrogens is 195 g/mol. The average molecular weight is 204 g/mol. The Morgan fingerprint density at radius 2 is 2.00 bits per heavy atom. The van der Waals surface area contributed by atoms with Crippen LogP contribution in [-0.2, 0) is 0 Å². The van der Waals surface area contributed by atoms with E-state index in [1.165, 1.54) is 6.08 Å². The van der Waals surface area contributed by atoms with Gasteiger partial charge in [0.25, 0.3) is 0 Å². The standard InChI is InChI=1S/C11H9FN2O/c12-9(7-15)5-8-1-2-10-11(6-8)14-4-3-13-10/h1-6,15H,7H2. The highest BCUT2D eigenvalue weighted by molar-refractivity contribution is 5.77. The van der Waals surface area contributed by atoms with Gasteiger partial charge >= 0.3 is 0 Å². The zero-order chi connectivity index (χ0) is 10.7. The van der Waals surface area contributed by atoms with E-state index in [2.05, 4.69) is 9.97 Å². The molecule has 0 unspecified atom stereocenters. The van der Waals surface area contributed by atoms with E-state index in [9.17, 15) is 4.39 Å². The van der Waals surface area contributed by atoms with Crippen LogP contribution in [-0.4, -0.2) is 21.7 Å². The number of aromatic nitrogens is 2. The predicted octanol–water partition coefficient (Wildman–Crippen LogP) is 1.93. The van der Waals surface area contributed by atoms with Crippen LogP contribution in [0.2, 0.25) is 0 Å². The fourth-order valence-electron chi connectivity index (χ4n) is 1.30. The molecule has 3 nitrogen and oxygen atoms in total. The zero-order valence-electron chi connectivity index (χ0n) is 7.89. The zero-order valence-corrected chi connectivity index (χ0v) is 7.89. The molecule has 1 aromatic carbocycles. The van der Waals surface area contributed by atoms with E-state index in [1.807, 2.05) is 0 Å². The highest BCUT2D eigenvalue weighted by Crippen LogP contribution is 2.13. The minimum Gasteiger partial charge on any atom is -0.389 e. The maximum atomic E-state index is 12.8. The summed E-state index contributed by atoms with van der Waals surface area (Å²) in [5, 5.41) is 8.54. The van der Waals surface area contributed by atoms with Crippen LogP contribution < -0.4 is 0 Å². The molecule has 2 rings (SSSR count). The van der Waals surface area contributed by atoms with Crippen LogP contribution in [0.3, 0.4) is 0 Å². The fourth-order valence-corrected chi connectivity index (χ4v) is 1.30. The van der Waals surface area contributed by atoms with Gasteiger partial charge < -0.3 is 5.11 Å². The Morgan fingerprint density at radius 3 is 2.73 bits per heavy atom. The van der Waals surface area contributed by atoms with Gasteiger partial charge in [-0.25, -0.2) is 4.39 Å². The van der Waals surface area contributed by atoms with Crippen molar-refractivity contribution in [1.82, 2.24) is 9.97 Å². The number of fused-ring (bicyclic) bond motifs is 1. The Kier molecular flexibility index (Phi) is 2.69. The second kappa shape index (κ2) is 4.14. The van der Waals surface area contributed by atoms with Crippen molar-refractivity contribution in [3.63, 3.8) is 0 Å². The largest absolute Gasteiger partial charge is 0.389 e. The third kappa shape index (κ3) is 2.16. The lowest BCUT2D eigenvalue weighted by molar-refractivity contribution is 0.300. The van der Waals surface area contributed by atoms with Gasteiger partial charge in [0.15, 0.2) is 0 Å². The van der Waals surface area contributed by atoms with Crippen molar-refractivity contribution in [3.8, 4) is 0 Å². The van der Waals surface area contributed by atoms with Crippen molar-refractivity contribution in [3.05, 3.63) is 42.0 Å². The average Bonchev–Trinajstić information content (AvgIpc) is 2.29. The summed E-state index contributed by atoms with van der Waals surface area (Å²) in [5.74, 6) is -0.571. The number of halogens is 1. The maximum absolute atomic E-state index is 12.8. The molecule has 0 spiro atoms. The van der Waals surface area contributed by atoms with Gasteiger partial charge in [0.05, 0.1) is 17.6 Å². The number of hydrogen-bond donors (Lipinski definition) is 1. The normalized spacial score (nSPS) is 12.0. The quantitative estimate of drug-likeness (QED) is 0.813. The Balaban J connectivity index is 2.47. The predicted molar refractivity (Wildman–Crippen MR) is 55.7 cm³/mol. The van der Waals surface area contributed by atoms with Crippen LogP contribution in [0.15, 0.2) is 36.4 Å². The minimum absolute atomic E-state index is 0.571. The number of aliphatic hydroxyl groups is 1. The lowest BCUT2D eigenvalue weighted by atomic mass is 10.2. The van der Waals surface area contributed by atoms with E-state index in [-0.39, 0.29) is 0 Å². The third-order valence-electron chi connectivity index (χ3n) is 1.97. The summed E-state index contributed by atoms with van der Waals surface area (Å²) in [6.07, 6.45) is 4.46. The van der Waals surface area contributed by atoms with E-state index in [1.54, 1.807) is 30.6 Å². The van der Waals surface area contributed by atoms with Crippen LogP contribution in [0.25, 0.3) is 17.1 Å². The number of rotatable bonds is 2. The summed E-state index contributed by atoms with van der Waals surface area (Å²) in [4.78, 5) is 8.19. The van der Waals surface area contributed by atoms with Gasteiger partial charge in [-0.05, 0) is 23.8 Å². The van der Waals surface area contributed by atoms with Gasteiger partial charge in [-0.15, -0.1) is 0 Å². The lowest BCUT2D eigenvalue weighted by Gasteiger charge is -1.97. The van der Waals surface area contributed by atoms with Gasteiger partial charge in [0.1, 0.15) is 5.83 Å². The van der Waals surface area contributed by atoms with Crippen molar-refractivity contribution in [1.29, 1.82) is 0 Å². The van der Waals surface area contributed by atoms with Crippen LogP contribution in [0, 0.1) is 0 Å². The van der Waals surface area contributed by atoms with E-state index < -0.39 is 12.4 Å². The van der Waals surface area contributed by atoms with Gasteiger partial charge in [-0.1, -0.05) is 6.07 Å². The highest BCUT2D eigenvalue weighted by Gasteiger charge is 1.97. The molecule has 0 fully saturated rings. The second-order valence-corrected chi connectivity index (χ2v) is 3.05. The molecule has 0 aliphatic heterocycles. The Hall–Kier alpha value is -1.81. The minimum atomic E-state index is -0.585. The first-order chi connectivity index (χ1) is 7.29. The van der Waals surface area contributed by atoms with Crippen molar-refractivity contribution >= 4 is 17.1 Å². The molecule has 0 radical (unpaired) electrons. The molecule has 0 saturated carbocycles. The summed E-state index contributed by atoms with van der Waals surface area (Å²) < 4.78 is 12.8. The van der Waals surface area contributed by atoms with Gasteiger partial charge in [-0.2, -0.15) is 0 Å². The van der Waals surface area contributed by atoms with Crippen molar-refractivity contribution in [2.75, 3.05) is 6.61 Å². The first-order valence-electron chi connectivity index (χ1n) is 4.47. The Labute approximate surface area is 85.9 Å². The molecule has 0 atom stereocenters. The summed E-state index contributed by atoms with van der Waals surface area (Å²) in [7, 11) is 0. The Morgan fingerprint density at radius 1 is 1.27 bits per heavy atom. The van der Waals surface area contributed by atoms with Crippen LogP contribution >= 0.6 is 0 Å². The van der Waals surface area contributed by atoms with E-state index in [0.29, 0.717) is 11.1 Å². The molecule has 0 saturated heterocycles. The SMILES string of the molecule is OCC(F)=Cc1ccc2nccnc2c1. The summed E-state index contributed by atoms with van der Waals surface area (Å²) >= 11 is 0. The summed E-state index contributed by atoms with van der Waals surface area (Å²) in [5.41, 5.74) is 2.13. The van der Waals surface area contributed by atoms with E-state index in [4.69, 9.17) is 5.11 Å². The number of aliphatic hydroxyl groups excluding tert-OH is 1. The van der Waals surface area contributed by atoms with Gasteiger partial charge in [-0.3, -0.25) is 9.97 Å². The first kappa shape index (κ1) is 9.73. The molecule has 76 valence electrons. The third-order valence-corrected chi connectivity index (χ3v) is 1.97. The van der Waals surface area contributed by atoms with Crippen molar-refractivity contribution in [2.24, 2.45) is 0 Å². The Bertz CT molecular complexity index is 511. The molecule has 1 heterocycles. The number of hydrogen-bond acceptors (Lipinski definition) is 3. The smallest absolute Gasteiger partial charge is 0.126 e. The maximum Gasteiger partial charge on any atom is 0.126 e. The van der Waals surface area contributed by atoms with Gasteiger partial charge in [0, 0.05) is 12.4 Å². The monoisotopic (exact) mass is 204 g/mol. The van der Waals surface area contributed by atoms with Gasteiger partial charge in [0.2, 0.25) is 0 Å². The molecule has 4 heteroatoms. The van der Waals surface area contributed by atoms with E-state index >= 15 is 0 Å².